The molecule has 0 aromatic carbocycles. The Balaban J connectivity index is 1.96. The maximum absolute atomic E-state index is 11.2. The topological polar surface area (TPSA) is 65.0 Å². The molecule has 0 aliphatic heterocycles. The molecule has 0 aliphatic rings. The van der Waals surface area contributed by atoms with Crippen molar-refractivity contribution in [2.24, 2.45) is 0 Å². The molecule has 0 unspecified atom stereocenters. The molecular formula is C11H11N3O2S2. The van der Waals surface area contributed by atoms with Gasteiger partial charge in [0.25, 0.3) is 0 Å². The molecule has 0 fully saturated rings. The Kier molecular flexibility index (Phi) is 4.27. The van der Waals surface area contributed by atoms with Crippen LogP contribution in [0.5, 0.6) is 0 Å². The molecule has 2 aromatic rings. The lowest BCUT2D eigenvalue weighted by Gasteiger charge is -2.00. The molecule has 0 aliphatic carbocycles. The van der Waals surface area contributed by atoms with Gasteiger partial charge in [-0.25, -0.2) is 9.78 Å². The van der Waals surface area contributed by atoms with Crippen LogP contribution in [0.4, 0.5) is 0 Å². The van der Waals surface area contributed by atoms with Crippen LogP contribution in [0.3, 0.4) is 0 Å². The first-order valence-corrected chi connectivity index (χ1v) is 6.91. The molecule has 94 valence electrons. The Morgan fingerprint density at radius 3 is 2.89 bits per heavy atom. The third-order valence-electron chi connectivity index (χ3n) is 2.10. The first-order chi connectivity index (χ1) is 8.69. The van der Waals surface area contributed by atoms with Crippen LogP contribution < -0.4 is 0 Å². The summed E-state index contributed by atoms with van der Waals surface area (Å²) in [5.41, 5.74) is 1.35. The van der Waals surface area contributed by atoms with E-state index < -0.39 is 0 Å². The molecule has 0 amide bonds. The Morgan fingerprint density at radius 2 is 2.33 bits per heavy atom. The van der Waals surface area contributed by atoms with Crippen molar-refractivity contribution in [1.29, 1.82) is 0 Å². The van der Waals surface area contributed by atoms with Crippen molar-refractivity contribution in [2.75, 3.05) is 7.11 Å². The molecule has 0 radical (unpaired) electrons. The number of aryl methyl sites for hydroxylation is 1. The fraction of sp³-hybridized carbons (Fsp3) is 0.273. The van der Waals surface area contributed by atoms with Crippen LogP contribution in [-0.2, 0) is 10.5 Å². The number of esters is 1. The fourth-order valence-electron chi connectivity index (χ4n) is 1.22. The van der Waals surface area contributed by atoms with Crippen molar-refractivity contribution < 1.29 is 9.53 Å². The summed E-state index contributed by atoms with van der Waals surface area (Å²) in [6, 6.07) is 3.52. The fourth-order valence-corrected chi connectivity index (χ4v) is 2.78. The highest BCUT2D eigenvalue weighted by molar-refractivity contribution is 8.00. The SMILES string of the molecule is COC(=O)c1ccc(CSc2nc(C)ns2)nc1. The molecule has 2 heterocycles. The van der Waals surface area contributed by atoms with Crippen LogP contribution in [0.1, 0.15) is 21.9 Å². The molecule has 0 atom stereocenters. The number of carbonyl (C=O) groups excluding carboxylic acids is 1. The van der Waals surface area contributed by atoms with Crippen LogP contribution in [0.15, 0.2) is 22.7 Å². The highest BCUT2D eigenvalue weighted by Gasteiger charge is 2.06. The maximum Gasteiger partial charge on any atom is 0.339 e. The number of pyridine rings is 1. The first kappa shape index (κ1) is 13.0. The van der Waals surface area contributed by atoms with E-state index in [0.29, 0.717) is 11.3 Å². The van der Waals surface area contributed by atoms with Gasteiger partial charge in [-0.3, -0.25) is 4.98 Å². The zero-order valence-electron chi connectivity index (χ0n) is 9.91. The smallest absolute Gasteiger partial charge is 0.339 e. The lowest BCUT2D eigenvalue weighted by molar-refractivity contribution is 0.0600. The minimum absolute atomic E-state index is 0.374. The number of aromatic nitrogens is 3. The van der Waals surface area contributed by atoms with Crippen molar-refractivity contribution in [2.45, 2.75) is 17.0 Å². The van der Waals surface area contributed by atoms with Gasteiger partial charge in [-0.1, -0.05) is 11.8 Å². The Morgan fingerprint density at radius 1 is 1.50 bits per heavy atom. The second kappa shape index (κ2) is 5.92. The summed E-state index contributed by atoms with van der Waals surface area (Å²) in [6.45, 7) is 1.87. The lowest BCUT2D eigenvalue weighted by atomic mass is 10.2. The average molecular weight is 281 g/mol. The van der Waals surface area contributed by atoms with E-state index in [1.165, 1.54) is 24.8 Å². The normalized spacial score (nSPS) is 10.3. The lowest BCUT2D eigenvalue weighted by Crippen LogP contribution is -2.02. The standard InChI is InChI=1S/C11H11N3O2S2/c1-7-13-11(18-14-7)17-6-9-4-3-8(5-12-9)10(15)16-2/h3-5H,6H2,1-2H3. The van der Waals surface area contributed by atoms with Crippen molar-refractivity contribution >= 4 is 29.3 Å². The second-order valence-electron chi connectivity index (χ2n) is 3.43. The van der Waals surface area contributed by atoms with E-state index in [9.17, 15) is 4.79 Å². The monoisotopic (exact) mass is 281 g/mol. The minimum Gasteiger partial charge on any atom is -0.465 e. The number of ether oxygens (including phenoxy) is 1. The summed E-state index contributed by atoms with van der Waals surface area (Å²) in [7, 11) is 1.35. The largest absolute Gasteiger partial charge is 0.465 e. The molecule has 0 saturated carbocycles. The van der Waals surface area contributed by atoms with Crippen molar-refractivity contribution in [1.82, 2.24) is 14.3 Å². The number of hydrogen-bond acceptors (Lipinski definition) is 7. The van der Waals surface area contributed by atoms with Gasteiger partial charge in [0.05, 0.1) is 18.4 Å². The van der Waals surface area contributed by atoms with E-state index in [0.717, 1.165) is 15.9 Å². The van der Waals surface area contributed by atoms with E-state index >= 15 is 0 Å². The predicted octanol–water partition coefficient (Wildman–Crippen LogP) is 2.32. The van der Waals surface area contributed by atoms with Crippen molar-refractivity contribution in [3.63, 3.8) is 0 Å². The summed E-state index contributed by atoms with van der Waals surface area (Å²) in [5, 5.41) is 0. The molecule has 2 aromatic heterocycles. The van der Waals surface area contributed by atoms with Crippen molar-refractivity contribution in [3.05, 3.63) is 35.4 Å². The molecule has 7 heteroatoms. The van der Waals surface area contributed by atoms with Gasteiger partial charge in [-0.05, 0) is 30.6 Å². The molecule has 0 bridgehead atoms. The van der Waals surface area contributed by atoms with Gasteiger partial charge >= 0.3 is 5.97 Å². The molecule has 0 spiro atoms. The van der Waals surface area contributed by atoms with Crippen LogP contribution >= 0.6 is 23.3 Å². The third kappa shape index (κ3) is 3.27. The van der Waals surface area contributed by atoms with Gasteiger partial charge in [0.1, 0.15) is 5.82 Å². The number of hydrogen-bond donors (Lipinski definition) is 0. The van der Waals surface area contributed by atoms with E-state index in [4.69, 9.17) is 0 Å². The van der Waals surface area contributed by atoms with Crippen molar-refractivity contribution in [3.8, 4) is 0 Å². The maximum atomic E-state index is 11.2. The average Bonchev–Trinajstić information content (AvgIpc) is 2.82. The highest BCUT2D eigenvalue weighted by Crippen LogP contribution is 2.23. The van der Waals surface area contributed by atoms with Crippen LogP contribution in [-0.4, -0.2) is 27.4 Å². The van der Waals surface area contributed by atoms with E-state index in [1.807, 2.05) is 13.0 Å². The number of carbonyl (C=O) groups is 1. The Hall–Kier alpha value is -1.47. The van der Waals surface area contributed by atoms with Crippen LogP contribution in [0.25, 0.3) is 0 Å². The van der Waals surface area contributed by atoms with Crippen LogP contribution in [0.2, 0.25) is 0 Å². The molecule has 2 rings (SSSR count). The van der Waals surface area contributed by atoms with Gasteiger partial charge in [0.15, 0.2) is 4.34 Å². The summed E-state index contributed by atoms with van der Waals surface area (Å²) >= 11 is 2.96. The van der Waals surface area contributed by atoms with Gasteiger partial charge in [-0.15, -0.1) is 0 Å². The number of methoxy groups -OCH3 is 1. The summed E-state index contributed by atoms with van der Waals surface area (Å²) in [5.74, 6) is 1.12. The highest BCUT2D eigenvalue weighted by atomic mass is 32.2. The zero-order valence-corrected chi connectivity index (χ0v) is 11.5. The summed E-state index contributed by atoms with van der Waals surface area (Å²) in [4.78, 5) is 19.7. The second-order valence-corrected chi connectivity index (χ2v) is 5.40. The molecular weight excluding hydrogens is 270 g/mol. The molecule has 18 heavy (non-hydrogen) atoms. The number of thioether (sulfide) groups is 1. The first-order valence-electron chi connectivity index (χ1n) is 5.15. The molecule has 0 N–H and O–H groups in total. The quantitative estimate of drug-likeness (QED) is 0.633. The van der Waals surface area contributed by atoms with Gasteiger partial charge in [-0.2, -0.15) is 4.37 Å². The van der Waals surface area contributed by atoms with Gasteiger partial charge in [0.2, 0.25) is 0 Å². The number of nitrogens with zero attached hydrogens (tertiary/aromatic N) is 3. The Labute approximate surface area is 113 Å². The third-order valence-corrected chi connectivity index (χ3v) is 4.06. The van der Waals surface area contributed by atoms with Gasteiger partial charge in [0, 0.05) is 11.9 Å². The van der Waals surface area contributed by atoms with Gasteiger partial charge < -0.3 is 4.74 Å². The Bertz CT molecular complexity index is 539. The van der Waals surface area contributed by atoms with Crippen LogP contribution in [0, 0.1) is 6.92 Å². The minimum atomic E-state index is -0.374. The summed E-state index contributed by atoms with van der Waals surface area (Å²) in [6.07, 6.45) is 1.52. The predicted molar refractivity (Wildman–Crippen MR) is 69.8 cm³/mol. The molecule has 5 nitrogen and oxygen atoms in total. The summed E-state index contributed by atoms with van der Waals surface area (Å²) < 4.78 is 9.64. The number of rotatable bonds is 4. The van der Waals surface area contributed by atoms with E-state index in [1.54, 1.807) is 17.8 Å². The van der Waals surface area contributed by atoms with E-state index in [2.05, 4.69) is 19.1 Å². The van der Waals surface area contributed by atoms with E-state index in [-0.39, 0.29) is 5.97 Å². The molecule has 0 saturated heterocycles. The zero-order chi connectivity index (χ0) is 13.0.